The Morgan fingerprint density at radius 2 is 1.91 bits per heavy atom. The third-order valence-corrected chi connectivity index (χ3v) is 5.96. The van der Waals surface area contributed by atoms with Crippen LogP contribution in [0.15, 0.2) is 47.4 Å². The highest BCUT2D eigenvalue weighted by atomic mass is 32.2. The summed E-state index contributed by atoms with van der Waals surface area (Å²) in [6, 6.07) is 11.7. The number of rotatable bonds is 4. The van der Waals surface area contributed by atoms with E-state index < -0.39 is 28.5 Å². The van der Waals surface area contributed by atoms with Crippen LogP contribution in [0.2, 0.25) is 0 Å². The van der Waals surface area contributed by atoms with Crippen LogP contribution < -0.4 is 0 Å². The average Bonchev–Trinajstić information content (AvgIpc) is 3.04. The standard InChI is InChI=1S/C16H17NO4S/c18-11-16(19)15-6-3-9-17(15)22(20,21)14-8-7-12-4-1-2-5-13(12)10-14/h1-2,4-5,7-8,10,15,18H,3,6,9,11H2/t15-/m1/s1. The van der Waals surface area contributed by atoms with E-state index in [4.69, 9.17) is 5.11 Å². The lowest BCUT2D eigenvalue weighted by molar-refractivity contribution is -0.124. The maximum absolute atomic E-state index is 12.8. The Morgan fingerprint density at radius 3 is 2.64 bits per heavy atom. The van der Waals surface area contributed by atoms with Crippen molar-refractivity contribution in [1.82, 2.24) is 4.31 Å². The first-order chi connectivity index (χ1) is 10.5. The Balaban J connectivity index is 2.02. The minimum Gasteiger partial charge on any atom is -0.389 e. The molecule has 0 unspecified atom stereocenters. The predicted molar refractivity (Wildman–Crippen MR) is 83.0 cm³/mol. The molecule has 0 amide bonds. The number of sulfonamides is 1. The van der Waals surface area contributed by atoms with Crippen LogP contribution in [0.5, 0.6) is 0 Å². The van der Waals surface area contributed by atoms with Gasteiger partial charge in [-0.15, -0.1) is 0 Å². The van der Waals surface area contributed by atoms with E-state index in [9.17, 15) is 13.2 Å². The number of nitrogens with zero attached hydrogens (tertiary/aromatic N) is 1. The van der Waals surface area contributed by atoms with Crippen molar-refractivity contribution in [2.75, 3.05) is 13.2 Å². The number of ketones is 1. The van der Waals surface area contributed by atoms with E-state index >= 15 is 0 Å². The molecule has 1 saturated heterocycles. The molecule has 2 aromatic rings. The number of fused-ring (bicyclic) bond motifs is 1. The molecule has 0 saturated carbocycles. The molecular formula is C16H17NO4S. The normalized spacial score (nSPS) is 19.6. The number of hydrogen-bond acceptors (Lipinski definition) is 4. The lowest BCUT2D eigenvalue weighted by Gasteiger charge is -2.22. The Labute approximate surface area is 129 Å². The minimum absolute atomic E-state index is 0.184. The van der Waals surface area contributed by atoms with Crippen LogP contribution in [0, 0.1) is 0 Å². The number of Topliss-reactive ketones (excluding diaryl/α,β-unsaturated/α-hetero) is 1. The Hall–Kier alpha value is -1.76. The largest absolute Gasteiger partial charge is 0.389 e. The van der Waals surface area contributed by atoms with Gasteiger partial charge < -0.3 is 5.11 Å². The quantitative estimate of drug-likeness (QED) is 0.928. The predicted octanol–water partition coefficient (Wildman–Crippen LogP) is 1.55. The topological polar surface area (TPSA) is 74.7 Å². The first-order valence-electron chi connectivity index (χ1n) is 7.18. The van der Waals surface area contributed by atoms with Gasteiger partial charge in [-0.25, -0.2) is 8.42 Å². The molecule has 0 aliphatic carbocycles. The third-order valence-electron chi connectivity index (χ3n) is 4.06. The summed E-state index contributed by atoms with van der Waals surface area (Å²) in [6.07, 6.45) is 1.09. The van der Waals surface area contributed by atoms with Gasteiger partial charge in [-0.05, 0) is 35.7 Å². The molecule has 0 radical (unpaired) electrons. The van der Waals surface area contributed by atoms with Crippen LogP contribution in [0.25, 0.3) is 10.8 Å². The number of aliphatic hydroxyl groups is 1. The van der Waals surface area contributed by atoms with Crippen molar-refractivity contribution in [3.63, 3.8) is 0 Å². The van der Waals surface area contributed by atoms with E-state index in [1.54, 1.807) is 18.2 Å². The molecule has 2 aromatic carbocycles. The van der Waals surface area contributed by atoms with Gasteiger partial charge in [0.1, 0.15) is 6.61 Å². The molecule has 0 aromatic heterocycles. The van der Waals surface area contributed by atoms with Gasteiger partial charge in [0.05, 0.1) is 10.9 Å². The fourth-order valence-corrected chi connectivity index (χ4v) is 4.63. The van der Waals surface area contributed by atoms with Crippen molar-refractivity contribution in [3.8, 4) is 0 Å². The lowest BCUT2D eigenvalue weighted by Crippen LogP contribution is -2.41. The van der Waals surface area contributed by atoms with E-state index in [0.29, 0.717) is 19.4 Å². The average molecular weight is 319 g/mol. The van der Waals surface area contributed by atoms with E-state index in [1.807, 2.05) is 24.3 Å². The maximum Gasteiger partial charge on any atom is 0.243 e. The summed E-state index contributed by atoms with van der Waals surface area (Å²) in [5, 5.41) is 10.8. The van der Waals surface area contributed by atoms with Crippen molar-refractivity contribution in [3.05, 3.63) is 42.5 Å². The molecule has 0 bridgehead atoms. The van der Waals surface area contributed by atoms with Gasteiger partial charge in [-0.1, -0.05) is 30.3 Å². The molecule has 3 rings (SSSR count). The van der Waals surface area contributed by atoms with Crippen molar-refractivity contribution in [1.29, 1.82) is 0 Å². The Kier molecular flexibility index (Phi) is 3.99. The zero-order valence-electron chi connectivity index (χ0n) is 12.0. The summed E-state index contributed by atoms with van der Waals surface area (Å²) < 4.78 is 26.8. The highest BCUT2D eigenvalue weighted by Gasteiger charge is 2.38. The van der Waals surface area contributed by atoms with Crippen molar-refractivity contribution in [2.24, 2.45) is 0 Å². The van der Waals surface area contributed by atoms with Crippen LogP contribution in [0.3, 0.4) is 0 Å². The summed E-state index contributed by atoms with van der Waals surface area (Å²) in [5.74, 6) is -0.443. The first kappa shape index (κ1) is 15.1. The molecule has 1 N–H and O–H groups in total. The van der Waals surface area contributed by atoms with Crippen LogP contribution in [0.1, 0.15) is 12.8 Å². The number of carbonyl (C=O) groups excluding carboxylic acids is 1. The number of hydrogen-bond donors (Lipinski definition) is 1. The fourth-order valence-electron chi connectivity index (χ4n) is 2.92. The number of aliphatic hydroxyl groups excluding tert-OH is 1. The first-order valence-corrected chi connectivity index (χ1v) is 8.62. The van der Waals surface area contributed by atoms with Gasteiger partial charge in [0.25, 0.3) is 0 Å². The zero-order chi connectivity index (χ0) is 15.7. The Bertz CT molecular complexity index is 816. The number of carbonyl (C=O) groups is 1. The van der Waals surface area contributed by atoms with Crippen LogP contribution in [0.4, 0.5) is 0 Å². The fraction of sp³-hybridized carbons (Fsp3) is 0.312. The van der Waals surface area contributed by atoms with Gasteiger partial charge in [0.15, 0.2) is 5.78 Å². The van der Waals surface area contributed by atoms with Crippen LogP contribution in [-0.2, 0) is 14.8 Å². The number of benzene rings is 2. The van der Waals surface area contributed by atoms with E-state index in [2.05, 4.69) is 0 Å². The van der Waals surface area contributed by atoms with Crippen LogP contribution in [-0.4, -0.2) is 42.8 Å². The van der Waals surface area contributed by atoms with Gasteiger partial charge in [-0.3, -0.25) is 4.79 Å². The molecule has 22 heavy (non-hydrogen) atoms. The monoisotopic (exact) mass is 319 g/mol. The smallest absolute Gasteiger partial charge is 0.243 e. The SMILES string of the molecule is O=C(CO)[C@H]1CCCN1S(=O)(=O)c1ccc2ccccc2c1. The molecule has 5 nitrogen and oxygen atoms in total. The van der Waals surface area contributed by atoms with E-state index in [1.165, 1.54) is 4.31 Å². The van der Waals surface area contributed by atoms with Crippen molar-refractivity contribution in [2.45, 2.75) is 23.8 Å². The van der Waals surface area contributed by atoms with Crippen molar-refractivity contribution >= 4 is 26.6 Å². The van der Waals surface area contributed by atoms with E-state index in [0.717, 1.165) is 10.8 Å². The van der Waals surface area contributed by atoms with Crippen molar-refractivity contribution < 1.29 is 18.3 Å². The molecule has 1 aliphatic rings. The Morgan fingerprint density at radius 1 is 1.18 bits per heavy atom. The molecule has 0 spiro atoms. The molecule has 1 heterocycles. The maximum atomic E-state index is 12.8. The summed E-state index contributed by atoms with van der Waals surface area (Å²) >= 11 is 0. The second kappa shape index (κ2) is 5.79. The molecule has 116 valence electrons. The second-order valence-corrected chi connectivity index (χ2v) is 7.30. The highest BCUT2D eigenvalue weighted by molar-refractivity contribution is 7.89. The van der Waals surface area contributed by atoms with Gasteiger partial charge in [-0.2, -0.15) is 4.31 Å². The molecule has 6 heteroatoms. The molecular weight excluding hydrogens is 302 g/mol. The summed E-state index contributed by atoms with van der Waals surface area (Å²) in [4.78, 5) is 11.9. The minimum atomic E-state index is -3.73. The second-order valence-electron chi connectivity index (χ2n) is 5.41. The molecule has 1 atom stereocenters. The van der Waals surface area contributed by atoms with Crippen LogP contribution >= 0.6 is 0 Å². The highest BCUT2D eigenvalue weighted by Crippen LogP contribution is 2.28. The molecule has 1 fully saturated rings. The van der Waals surface area contributed by atoms with E-state index in [-0.39, 0.29) is 4.90 Å². The summed E-state index contributed by atoms with van der Waals surface area (Å²) in [6.45, 7) is -0.319. The molecule has 1 aliphatic heterocycles. The lowest BCUT2D eigenvalue weighted by atomic mass is 10.1. The third kappa shape index (κ3) is 2.54. The van der Waals surface area contributed by atoms with Gasteiger partial charge in [0.2, 0.25) is 10.0 Å². The van der Waals surface area contributed by atoms with Gasteiger partial charge in [0, 0.05) is 6.54 Å². The summed E-state index contributed by atoms with van der Waals surface area (Å²) in [7, 11) is -3.73. The van der Waals surface area contributed by atoms with Gasteiger partial charge >= 0.3 is 0 Å². The summed E-state index contributed by atoms with van der Waals surface area (Å²) in [5.41, 5.74) is 0. The zero-order valence-corrected chi connectivity index (χ0v) is 12.8.